The highest BCUT2D eigenvalue weighted by atomic mass is 32.1. The van der Waals surface area contributed by atoms with Gasteiger partial charge in [0, 0.05) is 0 Å². The van der Waals surface area contributed by atoms with Crippen LogP contribution >= 0.6 is 12.2 Å². The van der Waals surface area contributed by atoms with Crippen molar-refractivity contribution >= 4 is 23.0 Å². The number of aryl methyl sites for hydroxylation is 1. The molecule has 2 aromatic carbocycles. The maximum Gasteiger partial charge on any atom is 0.171 e. The number of hydrogen-bond donors (Lipinski definition) is 2. The van der Waals surface area contributed by atoms with Gasteiger partial charge in [0.05, 0.1) is 11.7 Å². The summed E-state index contributed by atoms with van der Waals surface area (Å²) in [7, 11) is 0. The Balaban J connectivity index is 1.70. The van der Waals surface area contributed by atoms with E-state index in [0.29, 0.717) is 10.8 Å². The van der Waals surface area contributed by atoms with Crippen LogP contribution in [0.2, 0.25) is 0 Å². The SMILES string of the molecule is Fc1ccccc1NC(=S)NC1CCCc2ccccc21. The van der Waals surface area contributed by atoms with Gasteiger partial charge in [0.25, 0.3) is 0 Å². The Morgan fingerprint density at radius 1 is 1.10 bits per heavy atom. The van der Waals surface area contributed by atoms with E-state index in [1.807, 2.05) is 6.07 Å². The molecule has 108 valence electrons. The molecule has 0 saturated carbocycles. The van der Waals surface area contributed by atoms with E-state index in [9.17, 15) is 4.39 Å². The zero-order valence-corrected chi connectivity index (χ0v) is 12.4. The Labute approximate surface area is 129 Å². The van der Waals surface area contributed by atoms with E-state index in [0.717, 1.165) is 19.3 Å². The lowest BCUT2D eigenvalue weighted by Crippen LogP contribution is -2.34. The first-order chi connectivity index (χ1) is 10.2. The maximum atomic E-state index is 13.6. The molecular formula is C17H17FN2S. The van der Waals surface area contributed by atoms with Gasteiger partial charge < -0.3 is 10.6 Å². The van der Waals surface area contributed by atoms with Crippen LogP contribution in [0.3, 0.4) is 0 Å². The number of rotatable bonds is 2. The normalized spacial score (nSPS) is 16.9. The van der Waals surface area contributed by atoms with Gasteiger partial charge in [0.1, 0.15) is 5.82 Å². The monoisotopic (exact) mass is 300 g/mol. The summed E-state index contributed by atoms with van der Waals surface area (Å²) in [5.41, 5.74) is 3.07. The highest BCUT2D eigenvalue weighted by Gasteiger charge is 2.20. The predicted octanol–water partition coefficient (Wildman–Crippen LogP) is 4.19. The van der Waals surface area contributed by atoms with Crippen molar-refractivity contribution in [3.8, 4) is 0 Å². The van der Waals surface area contributed by atoms with Crippen LogP contribution in [0.15, 0.2) is 48.5 Å². The summed E-state index contributed by atoms with van der Waals surface area (Å²) < 4.78 is 13.6. The number of thiocarbonyl (C=S) groups is 1. The van der Waals surface area contributed by atoms with E-state index in [1.54, 1.807) is 18.2 Å². The zero-order chi connectivity index (χ0) is 14.7. The Kier molecular flexibility index (Phi) is 4.15. The first kappa shape index (κ1) is 14.0. The number of halogens is 1. The van der Waals surface area contributed by atoms with Gasteiger partial charge >= 0.3 is 0 Å². The summed E-state index contributed by atoms with van der Waals surface area (Å²) in [6.45, 7) is 0. The van der Waals surface area contributed by atoms with Crippen molar-refractivity contribution in [1.82, 2.24) is 5.32 Å². The van der Waals surface area contributed by atoms with Crippen LogP contribution in [0.4, 0.5) is 10.1 Å². The predicted molar refractivity (Wildman–Crippen MR) is 87.9 cm³/mol. The average Bonchev–Trinajstić information content (AvgIpc) is 2.50. The molecule has 0 radical (unpaired) electrons. The fourth-order valence-electron chi connectivity index (χ4n) is 2.78. The third-order valence-corrected chi connectivity index (χ3v) is 4.02. The number of fused-ring (bicyclic) bond motifs is 1. The van der Waals surface area contributed by atoms with Crippen molar-refractivity contribution < 1.29 is 4.39 Å². The molecular weight excluding hydrogens is 283 g/mol. The minimum Gasteiger partial charge on any atom is -0.356 e. The van der Waals surface area contributed by atoms with Crippen molar-refractivity contribution in [2.45, 2.75) is 25.3 Å². The number of nitrogens with one attached hydrogen (secondary N) is 2. The highest BCUT2D eigenvalue weighted by molar-refractivity contribution is 7.80. The van der Waals surface area contributed by atoms with E-state index in [-0.39, 0.29) is 11.9 Å². The molecule has 0 heterocycles. The summed E-state index contributed by atoms with van der Waals surface area (Å²) in [6, 6.07) is 15.1. The van der Waals surface area contributed by atoms with Crippen LogP contribution in [0.5, 0.6) is 0 Å². The molecule has 0 bridgehead atoms. The van der Waals surface area contributed by atoms with Crippen LogP contribution in [-0.4, -0.2) is 5.11 Å². The van der Waals surface area contributed by atoms with Gasteiger partial charge in [-0.1, -0.05) is 36.4 Å². The van der Waals surface area contributed by atoms with Crippen LogP contribution in [0, 0.1) is 5.82 Å². The molecule has 1 aliphatic carbocycles. The maximum absolute atomic E-state index is 13.6. The molecule has 4 heteroatoms. The average molecular weight is 300 g/mol. The number of anilines is 1. The van der Waals surface area contributed by atoms with Crippen LogP contribution < -0.4 is 10.6 Å². The van der Waals surface area contributed by atoms with Gasteiger partial charge in [-0.05, 0) is 54.7 Å². The van der Waals surface area contributed by atoms with Gasteiger partial charge in [0.15, 0.2) is 5.11 Å². The fraction of sp³-hybridized carbons (Fsp3) is 0.235. The number of para-hydroxylation sites is 1. The van der Waals surface area contributed by atoms with Gasteiger partial charge in [-0.15, -0.1) is 0 Å². The van der Waals surface area contributed by atoms with Crippen molar-refractivity contribution in [2.24, 2.45) is 0 Å². The topological polar surface area (TPSA) is 24.1 Å². The van der Waals surface area contributed by atoms with Crippen molar-refractivity contribution in [1.29, 1.82) is 0 Å². The minimum absolute atomic E-state index is 0.196. The lowest BCUT2D eigenvalue weighted by atomic mass is 9.88. The molecule has 1 unspecified atom stereocenters. The van der Waals surface area contributed by atoms with Gasteiger partial charge in [-0.2, -0.15) is 0 Å². The summed E-state index contributed by atoms with van der Waals surface area (Å²) in [5, 5.41) is 6.70. The molecule has 0 aromatic heterocycles. The summed E-state index contributed by atoms with van der Waals surface area (Å²) >= 11 is 5.32. The third-order valence-electron chi connectivity index (χ3n) is 3.80. The quantitative estimate of drug-likeness (QED) is 0.813. The van der Waals surface area contributed by atoms with Crippen LogP contribution in [0.25, 0.3) is 0 Å². The van der Waals surface area contributed by atoms with Gasteiger partial charge in [-0.25, -0.2) is 4.39 Å². The molecule has 0 fully saturated rings. The molecule has 0 aliphatic heterocycles. The molecule has 2 aromatic rings. The fourth-order valence-corrected chi connectivity index (χ4v) is 3.04. The molecule has 21 heavy (non-hydrogen) atoms. The number of hydrogen-bond acceptors (Lipinski definition) is 1. The minimum atomic E-state index is -0.300. The Bertz CT molecular complexity index is 657. The van der Waals surface area contributed by atoms with E-state index in [4.69, 9.17) is 12.2 Å². The Morgan fingerprint density at radius 2 is 1.86 bits per heavy atom. The van der Waals surface area contributed by atoms with Crippen molar-refractivity contribution in [2.75, 3.05) is 5.32 Å². The molecule has 2 nitrogen and oxygen atoms in total. The van der Waals surface area contributed by atoms with E-state index < -0.39 is 0 Å². The second-order valence-electron chi connectivity index (χ2n) is 5.22. The van der Waals surface area contributed by atoms with Crippen LogP contribution in [-0.2, 0) is 6.42 Å². The molecule has 0 spiro atoms. The molecule has 1 atom stereocenters. The smallest absolute Gasteiger partial charge is 0.171 e. The summed E-state index contributed by atoms with van der Waals surface area (Å²) in [5.74, 6) is -0.300. The second-order valence-corrected chi connectivity index (χ2v) is 5.63. The Morgan fingerprint density at radius 3 is 2.71 bits per heavy atom. The summed E-state index contributed by atoms with van der Waals surface area (Å²) in [4.78, 5) is 0. The summed E-state index contributed by atoms with van der Waals surface area (Å²) in [6.07, 6.45) is 3.29. The lowest BCUT2D eigenvalue weighted by molar-refractivity contribution is 0.529. The standard InChI is InChI=1S/C17H17FN2S/c18-14-9-3-4-10-16(14)20-17(21)19-15-11-5-7-12-6-1-2-8-13(12)15/h1-4,6,8-10,15H,5,7,11H2,(H2,19,20,21). The van der Waals surface area contributed by atoms with Crippen LogP contribution in [0.1, 0.15) is 30.0 Å². The largest absolute Gasteiger partial charge is 0.356 e. The highest BCUT2D eigenvalue weighted by Crippen LogP contribution is 2.29. The molecule has 2 N–H and O–H groups in total. The van der Waals surface area contributed by atoms with Crippen molar-refractivity contribution in [3.05, 3.63) is 65.5 Å². The Hall–Kier alpha value is -1.94. The van der Waals surface area contributed by atoms with E-state index >= 15 is 0 Å². The molecule has 0 saturated heterocycles. The zero-order valence-electron chi connectivity index (χ0n) is 11.6. The van der Waals surface area contributed by atoms with Gasteiger partial charge in [-0.3, -0.25) is 0 Å². The molecule has 1 aliphatic rings. The lowest BCUT2D eigenvalue weighted by Gasteiger charge is -2.27. The first-order valence-electron chi connectivity index (χ1n) is 7.14. The van der Waals surface area contributed by atoms with Gasteiger partial charge in [0.2, 0.25) is 0 Å². The van der Waals surface area contributed by atoms with Crippen molar-refractivity contribution in [3.63, 3.8) is 0 Å². The third kappa shape index (κ3) is 3.22. The molecule has 0 amide bonds. The first-order valence-corrected chi connectivity index (χ1v) is 7.55. The van der Waals surface area contributed by atoms with E-state index in [2.05, 4.69) is 28.8 Å². The number of benzene rings is 2. The molecule has 3 rings (SSSR count). The van der Waals surface area contributed by atoms with E-state index in [1.165, 1.54) is 17.2 Å². The second kappa shape index (κ2) is 6.22.